The lowest BCUT2D eigenvalue weighted by Gasteiger charge is -2.30. The summed E-state index contributed by atoms with van der Waals surface area (Å²) in [4.78, 5) is 2.30. The largest absolute Gasteiger partial charge is 0.392 e. The minimum Gasteiger partial charge on any atom is -0.392 e. The molecule has 1 aliphatic heterocycles. The first-order valence-corrected chi connectivity index (χ1v) is 11.0. The molecular formula is C27H28ClNO. The maximum absolute atomic E-state index is 9.87. The number of nitrogens with zero attached hydrogens (tertiary/aromatic N) is 1. The molecule has 4 rings (SSSR count). The maximum Gasteiger partial charge on any atom is 0.0667 e. The van der Waals surface area contributed by atoms with Gasteiger partial charge in [-0.25, -0.2) is 0 Å². The number of hydrogen-bond donors (Lipinski definition) is 1. The highest BCUT2D eigenvalue weighted by Gasteiger charge is 2.17. The number of piperidine rings is 1. The number of benzene rings is 3. The van der Waals surface area contributed by atoms with Gasteiger partial charge in [0.05, 0.1) is 6.10 Å². The second-order valence-electron chi connectivity index (χ2n) is 8.11. The molecule has 1 fully saturated rings. The summed E-state index contributed by atoms with van der Waals surface area (Å²) in [6.45, 7) is 4.78. The van der Waals surface area contributed by atoms with Crippen molar-refractivity contribution in [2.45, 2.75) is 32.4 Å². The molecule has 0 aliphatic carbocycles. The molecule has 2 nitrogen and oxygen atoms in total. The van der Waals surface area contributed by atoms with Gasteiger partial charge in [-0.05, 0) is 65.8 Å². The summed E-state index contributed by atoms with van der Waals surface area (Å²) < 4.78 is 0. The molecule has 1 N–H and O–H groups in total. The number of hydrogen-bond acceptors (Lipinski definition) is 2. The molecule has 0 bridgehead atoms. The summed E-state index contributed by atoms with van der Waals surface area (Å²) in [5, 5.41) is 10.6. The van der Waals surface area contributed by atoms with Gasteiger partial charge in [-0.1, -0.05) is 84.4 Å². The number of aliphatic hydroxyl groups excluding tert-OH is 1. The quantitative estimate of drug-likeness (QED) is 0.482. The Labute approximate surface area is 184 Å². The van der Waals surface area contributed by atoms with E-state index in [-0.39, 0.29) is 6.10 Å². The number of likely N-dealkylation sites (tertiary alicyclic amines) is 1. The minimum absolute atomic E-state index is 0.202. The van der Waals surface area contributed by atoms with Crippen molar-refractivity contribution in [3.8, 4) is 11.1 Å². The fourth-order valence-electron chi connectivity index (χ4n) is 4.18. The average Bonchev–Trinajstić information content (AvgIpc) is 2.75. The lowest BCUT2D eigenvalue weighted by Crippen LogP contribution is -2.37. The fraction of sp³-hybridized carbons (Fsp3) is 0.259. The van der Waals surface area contributed by atoms with Crippen LogP contribution in [0.1, 0.15) is 35.1 Å². The van der Waals surface area contributed by atoms with Crippen LogP contribution in [0, 0.1) is 6.92 Å². The summed E-state index contributed by atoms with van der Waals surface area (Å²) in [5.74, 6) is 0. The molecule has 154 valence electrons. The molecule has 1 saturated heterocycles. The Morgan fingerprint density at radius 2 is 1.80 bits per heavy atom. The highest BCUT2D eigenvalue weighted by atomic mass is 35.5. The van der Waals surface area contributed by atoms with E-state index < -0.39 is 0 Å². The van der Waals surface area contributed by atoms with Crippen LogP contribution in [-0.4, -0.2) is 29.2 Å². The summed E-state index contributed by atoms with van der Waals surface area (Å²) >= 11 is 6.59. The van der Waals surface area contributed by atoms with Crippen LogP contribution in [0.4, 0.5) is 0 Å². The Morgan fingerprint density at radius 1 is 1.00 bits per heavy atom. The first-order chi connectivity index (χ1) is 14.6. The van der Waals surface area contributed by atoms with Crippen LogP contribution in [0.5, 0.6) is 0 Å². The summed E-state index contributed by atoms with van der Waals surface area (Å²) in [6, 6.07) is 23.2. The van der Waals surface area contributed by atoms with E-state index in [0.717, 1.165) is 43.1 Å². The van der Waals surface area contributed by atoms with Gasteiger partial charge in [-0.15, -0.1) is 0 Å². The zero-order chi connectivity index (χ0) is 20.9. The fourth-order valence-corrected chi connectivity index (χ4v) is 4.45. The molecule has 0 amide bonds. The Kier molecular flexibility index (Phi) is 6.69. The topological polar surface area (TPSA) is 23.5 Å². The third kappa shape index (κ3) is 5.02. The molecule has 1 heterocycles. The Bertz CT molecular complexity index is 1030. The monoisotopic (exact) mass is 417 g/mol. The van der Waals surface area contributed by atoms with Crippen LogP contribution in [0.25, 0.3) is 23.3 Å². The normalized spacial score (nSPS) is 17.5. The molecule has 0 aromatic heterocycles. The van der Waals surface area contributed by atoms with Crippen LogP contribution in [0.15, 0.2) is 66.7 Å². The molecular weight excluding hydrogens is 390 g/mol. The van der Waals surface area contributed by atoms with Crippen molar-refractivity contribution in [2.24, 2.45) is 0 Å². The van der Waals surface area contributed by atoms with Crippen LogP contribution in [-0.2, 0) is 6.54 Å². The first kappa shape index (κ1) is 20.9. The summed E-state index contributed by atoms with van der Waals surface area (Å²) in [6.07, 6.45) is 5.99. The predicted molar refractivity (Wildman–Crippen MR) is 128 cm³/mol. The lowest BCUT2D eigenvalue weighted by molar-refractivity contribution is 0.0668. The summed E-state index contributed by atoms with van der Waals surface area (Å²) in [7, 11) is 0. The van der Waals surface area contributed by atoms with E-state index >= 15 is 0 Å². The molecule has 30 heavy (non-hydrogen) atoms. The number of aliphatic hydroxyl groups is 1. The SMILES string of the molecule is Cc1c(/C=C/c2ccc(CN3CCCC(O)C3)cc2Cl)cccc1-c1ccccc1. The minimum atomic E-state index is -0.202. The molecule has 1 aliphatic rings. The first-order valence-electron chi connectivity index (χ1n) is 10.6. The van der Waals surface area contributed by atoms with Gasteiger partial charge in [0.2, 0.25) is 0 Å². The molecule has 1 atom stereocenters. The van der Waals surface area contributed by atoms with Gasteiger partial charge < -0.3 is 5.11 Å². The van der Waals surface area contributed by atoms with Crippen molar-refractivity contribution in [2.75, 3.05) is 13.1 Å². The van der Waals surface area contributed by atoms with E-state index in [1.807, 2.05) is 6.07 Å². The van der Waals surface area contributed by atoms with E-state index in [0.29, 0.717) is 0 Å². The van der Waals surface area contributed by atoms with Crippen LogP contribution in [0.3, 0.4) is 0 Å². The van der Waals surface area contributed by atoms with Gasteiger partial charge in [0.25, 0.3) is 0 Å². The van der Waals surface area contributed by atoms with Crippen LogP contribution < -0.4 is 0 Å². The van der Waals surface area contributed by atoms with E-state index in [1.54, 1.807) is 0 Å². The molecule has 3 aromatic carbocycles. The van der Waals surface area contributed by atoms with Gasteiger partial charge in [-0.3, -0.25) is 4.90 Å². The highest BCUT2D eigenvalue weighted by molar-refractivity contribution is 6.32. The molecule has 1 unspecified atom stereocenters. The van der Waals surface area contributed by atoms with Crippen molar-refractivity contribution in [3.05, 3.63) is 94.0 Å². The Morgan fingerprint density at radius 3 is 2.57 bits per heavy atom. The Balaban J connectivity index is 1.50. The zero-order valence-corrected chi connectivity index (χ0v) is 18.1. The van der Waals surface area contributed by atoms with Crippen molar-refractivity contribution in [1.82, 2.24) is 4.90 Å². The van der Waals surface area contributed by atoms with Gasteiger partial charge in [0, 0.05) is 18.1 Å². The third-order valence-electron chi connectivity index (χ3n) is 5.85. The number of β-amino-alcohol motifs (C(OH)–C–C–N with tert-alkyl or cyclic N) is 1. The van der Waals surface area contributed by atoms with Crippen molar-refractivity contribution >= 4 is 23.8 Å². The van der Waals surface area contributed by atoms with Crippen molar-refractivity contribution in [3.63, 3.8) is 0 Å². The summed E-state index contributed by atoms with van der Waals surface area (Å²) in [5.41, 5.74) is 7.14. The van der Waals surface area contributed by atoms with E-state index in [4.69, 9.17) is 11.6 Å². The smallest absolute Gasteiger partial charge is 0.0667 e. The van der Waals surface area contributed by atoms with Crippen LogP contribution in [0.2, 0.25) is 5.02 Å². The third-order valence-corrected chi connectivity index (χ3v) is 6.18. The standard InChI is InChI=1S/C27H28ClNO/c1-20-22(9-5-11-26(20)23-7-3-2-4-8-23)14-15-24-13-12-21(17-27(24)28)18-29-16-6-10-25(30)19-29/h2-5,7-9,11-15,17,25,30H,6,10,16,18-19H2,1H3/b15-14+. The molecule has 3 heteroatoms. The van der Waals surface area contributed by atoms with Gasteiger partial charge in [-0.2, -0.15) is 0 Å². The predicted octanol–water partition coefficient (Wildman–Crippen LogP) is 6.44. The molecule has 0 spiro atoms. The molecule has 0 radical (unpaired) electrons. The van der Waals surface area contributed by atoms with Gasteiger partial charge in [0.1, 0.15) is 0 Å². The Hall–Kier alpha value is -2.39. The second kappa shape index (κ2) is 9.61. The highest BCUT2D eigenvalue weighted by Crippen LogP contribution is 2.28. The zero-order valence-electron chi connectivity index (χ0n) is 17.4. The van der Waals surface area contributed by atoms with Gasteiger partial charge >= 0.3 is 0 Å². The second-order valence-corrected chi connectivity index (χ2v) is 8.51. The van der Waals surface area contributed by atoms with E-state index in [2.05, 4.69) is 84.6 Å². The molecule has 3 aromatic rings. The van der Waals surface area contributed by atoms with Crippen molar-refractivity contribution < 1.29 is 5.11 Å². The van der Waals surface area contributed by atoms with E-state index in [9.17, 15) is 5.11 Å². The van der Waals surface area contributed by atoms with E-state index in [1.165, 1.54) is 27.8 Å². The van der Waals surface area contributed by atoms with Crippen LogP contribution >= 0.6 is 11.6 Å². The number of rotatable bonds is 5. The lowest BCUT2D eigenvalue weighted by atomic mass is 9.96. The maximum atomic E-state index is 9.87. The van der Waals surface area contributed by atoms with Gasteiger partial charge in [0.15, 0.2) is 0 Å². The number of halogens is 1. The average molecular weight is 418 g/mol. The van der Waals surface area contributed by atoms with Crippen molar-refractivity contribution in [1.29, 1.82) is 0 Å². The molecule has 0 saturated carbocycles.